The molecule has 3 rings (SSSR count). The minimum atomic E-state index is -0.306. The van der Waals surface area contributed by atoms with Gasteiger partial charge in [0.15, 0.2) is 11.5 Å². The molecule has 124 valence electrons. The average Bonchev–Trinajstić information content (AvgIpc) is 3.04. The third-order valence-electron chi connectivity index (χ3n) is 3.99. The topological polar surface area (TPSA) is 60.6 Å². The molecule has 0 aliphatic rings. The van der Waals surface area contributed by atoms with E-state index in [9.17, 15) is 4.79 Å². The van der Waals surface area contributed by atoms with Crippen LogP contribution < -0.4 is 9.47 Å². The first kappa shape index (κ1) is 15.9. The Labute approximate surface area is 140 Å². The molecule has 0 fully saturated rings. The summed E-state index contributed by atoms with van der Waals surface area (Å²) in [6, 6.07) is 13.8. The van der Waals surface area contributed by atoms with E-state index in [1.807, 2.05) is 36.4 Å². The Kier molecular flexibility index (Phi) is 4.42. The van der Waals surface area contributed by atoms with Crippen LogP contribution in [0.1, 0.15) is 5.56 Å². The summed E-state index contributed by atoms with van der Waals surface area (Å²) in [5.41, 5.74) is 3.64. The Balaban J connectivity index is 2.17. The summed E-state index contributed by atoms with van der Waals surface area (Å²) in [6.45, 7) is 0. The first-order chi connectivity index (χ1) is 11.7. The van der Waals surface area contributed by atoms with Gasteiger partial charge < -0.3 is 19.2 Å². The van der Waals surface area contributed by atoms with Gasteiger partial charge in [-0.2, -0.15) is 0 Å². The molecule has 0 unspecified atom stereocenters. The largest absolute Gasteiger partial charge is 0.493 e. The Morgan fingerprint density at radius 2 is 1.71 bits per heavy atom. The van der Waals surface area contributed by atoms with Gasteiger partial charge in [0.05, 0.1) is 27.8 Å². The highest BCUT2D eigenvalue weighted by Gasteiger charge is 2.17. The van der Waals surface area contributed by atoms with E-state index in [2.05, 4.69) is 11.1 Å². The highest BCUT2D eigenvalue weighted by molar-refractivity contribution is 5.88. The summed E-state index contributed by atoms with van der Waals surface area (Å²) < 4.78 is 15.6. The minimum Gasteiger partial charge on any atom is -0.493 e. The number of carbonyl (C=O) groups excluding carboxylic acids is 1. The van der Waals surface area contributed by atoms with Gasteiger partial charge in [0.1, 0.15) is 0 Å². The van der Waals surface area contributed by atoms with Crippen LogP contribution in [0.3, 0.4) is 0 Å². The number of methoxy groups -OCH3 is 3. The number of H-pyrrole nitrogens is 1. The maximum Gasteiger partial charge on any atom is 0.310 e. The lowest BCUT2D eigenvalue weighted by atomic mass is 10.0. The monoisotopic (exact) mass is 325 g/mol. The number of aromatic nitrogens is 1. The second-order valence-electron chi connectivity index (χ2n) is 5.39. The number of hydrogen-bond donors (Lipinski definition) is 1. The van der Waals surface area contributed by atoms with Crippen LogP contribution in [0.25, 0.3) is 22.2 Å². The molecule has 1 heterocycles. The van der Waals surface area contributed by atoms with Gasteiger partial charge in [-0.15, -0.1) is 0 Å². The van der Waals surface area contributed by atoms with Crippen molar-refractivity contribution in [3.05, 3.63) is 48.0 Å². The lowest BCUT2D eigenvalue weighted by molar-refractivity contribution is -0.139. The second kappa shape index (κ2) is 6.66. The molecule has 5 nitrogen and oxygen atoms in total. The number of nitrogens with one attached hydrogen (secondary N) is 1. The van der Waals surface area contributed by atoms with E-state index in [1.54, 1.807) is 14.2 Å². The number of ether oxygens (including phenoxy) is 3. The molecule has 24 heavy (non-hydrogen) atoms. The maximum absolute atomic E-state index is 11.8. The van der Waals surface area contributed by atoms with Crippen molar-refractivity contribution in [2.45, 2.75) is 6.42 Å². The van der Waals surface area contributed by atoms with Crippen molar-refractivity contribution in [1.29, 1.82) is 0 Å². The number of benzene rings is 2. The van der Waals surface area contributed by atoms with Gasteiger partial charge in [-0.3, -0.25) is 4.79 Å². The molecule has 3 aromatic rings. The average molecular weight is 325 g/mol. The van der Waals surface area contributed by atoms with E-state index in [1.165, 1.54) is 7.11 Å². The number of para-hydroxylation sites is 1. The van der Waals surface area contributed by atoms with Crippen LogP contribution in [0.2, 0.25) is 0 Å². The van der Waals surface area contributed by atoms with Crippen LogP contribution in [-0.2, 0) is 16.0 Å². The minimum absolute atomic E-state index is 0.154. The van der Waals surface area contributed by atoms with Crippen LogP contribution in [0.4, 0.5) is 0 Å². The van der Waals surface area contributed by atoms with E-state index in [0.29, 0.717) is 11.5 Å². The summed E-state index contributed by atoms with van der Waals surface area (Å²) in [6.07, 6.45) is 0.154. The molecule has 0 saturated carbocycles. The number of aromatic amines is 1. The van der Waals surface area contributed by atoms with Gasteiger partial charge in [0.25, 0.3) is 0 Å². The van der Waals surface area contributed by atoms with Crippen molar-refractivity contribution in [3.63, 3.8) is 0 Å². The predicted octanol–water partition coefficient (Wildman–Crippen LogP) is 3.57. The van der Waals surface area contributed by atoms with Crippen LogP contribution in [0, 0.1) is 0 Å². The van der Waals surface area contributed by atoms with Crippen molar-refractivity contribution in [2.24, 2.45) is 0 Å². The molecule has 0 saturated heterocycles. The summed E-state index contributed by atoms with van der Waals surface area (Å²) in [7, 11) is 4.54. The second-order valence-corrected chi connectivity index (χ2v) is 5.39. The van der Waals surface area contributed by atoms with E-state index >= 15 is 0 Å². The normalized spacial score (nSPS) is 10.6. The van der Waals surface area contributed by atoms with Crippen molar-refractivity contribution in [1.82, 2.24) is 4.98 Å². The van der Waals surface area contributed by atoms with Gasteiger partial charge in [0, 0.05) is 22.2 Å². The van der Waals surface area contributed by atoms with Crippen molar-refractivity contribution in [3.8, 4) is 22.8 Å². The third-order valence-corrected chi connectivity index (χ3v) is 3.99. The summed E-state index contributed by atoms with van der Waals surface area (Å²) in [5.74, 6) is 0.885. The lowest BCUT2D eigenvalue weighted by Gasteiger charge is -2.14. The van der Waals surface area contributed by atoms with Crippen LogP contribution >= 0.6 is 0 Å². The fraction of sp³-hybridized carbons (Fsp3) is 0.211. The lowest BCUT2D eigenvalue weighted by Crippen LogP contribution is -2.06. The van der Waals surface area contributed by atoms with Crippen molar-refractivity contribution < 1.29 is 19.0 Å². The highest BCUT2D eigenvalue weighted by atomic mass is 16.5. The maximum atomic E-state index is 11.8. The molecular formula is C19H19NO4. The van der Waals surface area contributed by atoms with Gasteiger partial charge >= 0.3 is 5.97 Å². The molecule has 5 heteroatoms. The molecule has 0 aliphatic heterocycles. The third kappa shape index (κ3) is 2.93. The van der Waals surface area contributed by atoms with Gasteiger partial charge in [-0.25, -0.2) is 0 Å². The molecule has 0 aliphatic carbocycles. The van der Waals surface area contributed by atoms with Crippen LogP contribution in [0.15, 0.2) is 42.5 Å². The molecule has 1 aromatic heterocycles. The Morgan fingerprint density at radius 1 is 1.00 bits per heavy atom. The summed E-state index contributed by atoms with van der Waals surface area (Å²) >= 11 is 0. The molecular weight excluding hydrogens is 306 g/mol. The molecule has 0 bridgehead atoms. The van der Waals surface area contributed by atoms with Crippen LogP contribution in [-0.4, -0.2) is 32.3 Å². The molecule has 0 amide bonds. The number of rotatable bonds is 5. The number of fused-ring (bicyclic) bond motifs is 1. The fourth-order valence-corrected chi connectivity index (χ4v) is 2.76. The highest BCUT2D eigenvalue weighted by Crippen LogP contribution is 2.36. The zero-order valence-electron chi connectivity index (χ0n) is 13.9. The van der Waals surface area contributed by atoms with Crippen molar-refractivity contribution in [2.75, 3.05) is 21.3 Å². The van der Waals surface area contributed by atoms with E-state index < -0.39 is 0 Å². The molecule has 0 atom stereocenters. The SMILES string of the molecule is COC(=O)Cc1cc(OC)c(OC)cc1-c1cc2ccccc2[nH]1. The predicted molar refractivity (Wildman–Crippen MR) is 92.6 cm³/mol. The zero-order chi connectivity index (χ0) is 17.1. The standard InChI is InChI=1S/C19H19NO4/c1-22-17-9-13(10-19(21)24-3)14(11-18(17)23-2)16-8-12-6-4-5-7-15(12)20-16/h4-9,11,20H,10H2,1-3H3. The van der Waals surface area contributed by atoms with Crippen LogP contribution in [0.5, 0.6) is 11.5 Å². The Bertz CT molecular complexity index is 849. The van der Waals surface area contributed by atoms with Gasteiger partial charge in [0.2, 0.25) is 0 Å². The quantitative estimate of drug-likeness (QED) is 0.729. The first-order valence-electron chi connectivity index (χ1n) is 7.56. The van der Waals surface area contributed by atoms with E-state index in [-0.39, 0.29) is 12.4 Å². The fourth-order valence-electron chi connectivity index (χ4n) is 2.76. The summed E-state index contributed by atoms with van der Waals surface area (Å²) in [4.78, 5) is 15.2. The van der Waals surface area contributed by atoms with Gasteiger partial charge in [-0.1, -0.05) is 18.2 Å². The van der Waals surface area contributed by atoms with Crippen molar-refractivity contribution >= 4 is 16.9 Å². The number of esters is 1. The molecule has 0 spiro atoms. The first-order valence-corrected chi connectivity index (χ1v) is 7.56. The smallest absolute Gasteiger partial charge is 0.310 e. The Hall–Kier alpha value is -2.95. The Morgan fingerprint density at radius 3 is 2.38 bits per heavy atom. The molecule has 0 radical (unpaired) electrons. The van der Waals surface area contributed by atoms with Gasteiger partial charge in [-0.05, 0) is 29.8 Å². The van der Waals surface area contributed by atoms with E-state index in [4.69, 9.17) is 14.2 Å². The molecule has 1 N–H and O–H groups in total. The summed E-state index contributed by atoms with van der Waals surface area (Å²) in [5, 5.41) is 1.10. The number of hydrogen-bond acceptors (Lipinski definition) is 4. The molecule has 2 aromatic carbocycles. The van der Waals surface area contributed by atoms with E-state index in [0.717, 1.165) is 27.7 Å². The number of carbonyl (C=O) groups is 1. The zero-order valence-corrected chi connectivity index (χ0v) is 13.9.